The summed E-state index contributed by atoms with van der Waals surface area (Å²) in [6, 6.07) is 9.74. The minimum atomic E-state index is -0.647. The van der Waals surface area contributed by atoms with Crippen LogP contribution in [-0.4, -0.2) is 22.8 Å². The maximum atomic E-state index is 13.1. The largest absolute Gasteiger partial charge is 0.337 e. The smallest absolute Gasteiger partial charge is 0.288 e. The average molecular weight is 323 g/mol. The first kappa shape index (κ1) is 15.9. The van der Waals surface area contributed by atoms with Crippen molar-refractivity contribution in [2.24, 2.45) is 0 Å². The summed E-state index contributed by atoms with van der Waals surface area (Å²) in [6.45, 7) is 0.188. The summed E-state index contributed by atoms with van der Waals surface area (Å²) in [6.07, 6.45) is 0. The van der Waals surface area contributed by atoms with Crippen molar-refractivity contribution < 1.29 is 14.1 Å². The molecule has 0 spiro atoms. The van der Waals surface area contributed by atoms with Crippen molar-refractivity contribution in [3.05, 3.63) is 74.5 Å². The molecule has 0 saturated carbocycles. The average Bonchev–Trinajstić information content (AvgIpc) is 2.46. The monoisotopic (exact) mass is 322 g/mol. The van der Waals surface area contributed by atoms with Crippen LogP contribution in [0.2, 0.25) is 5.02 Å². The lowest BCUT2D eigenvalue weighted by Gasteiger charge is -2.17. The van der Waals surface area contributed by atoms with Crippen LogP contribution >= 0.6 is 11.6 Å². The van der Waals surface area contributed by atoms with Gasteiger partial charge in [0.1, 0.15) is 10.8 Å². The van der Waals surface area contributed by atoms with E-state index in [0.29, 0.717) is 5.56 Å². The fourth-order valence-electron chi connectivity index (χ4n) is 1.99. The van der Waals surface area contributed by atoms with E-state index in [-0.39, 0.29) is 28.6 Å². The van der Waals surface area contributed by atoms with Crippen molar-refractivity contribution in [2.45, 2.75) is 6.54 Å². The summed E-state index contributed by atoms with van der Waals surface area (Å²) in [7, 11) is 1.54. The predicted octanol–water partition coefficient (Wildman–Crippen LogP) is 3.66. The number of benzene rings is 2. The van der Waals surface area contributed by atoms with Gasteiger partial charge in [-0.15, -0.1) is 0 Å². The third-order valence-corrected chi connectivity index (χ3v) is 3.36. The first-order valence-electron chi connectivity index (χ1n) is 6.32. The third kappa shape index (κ3) is 3.59. The number of nitro groups is 1. The van der Waals surface area contributed by atoms with E-state index in [0.717, 1.165) is 6.07 Å². The molecule has 0 aliphatic heterocycles. The number of carbonyl (C=O) groups excluding carboxylic acids is 1. The Hall–Kier alpha value is -2.47. The molecule has 2 aromatic carbocycles. The Morgan fingerprint density at radius 2 is 2.05 bits per heavy atom. The van der Waals surface area contributed by atoms with Crippen LogP contribution in [0.1, 0.15) is 15.9 Å². The zero-order valence-corrected chi connectivity index (χ0v) is 12.4. The Labute approximate surface area is 131 Å². The molecule has 114 valence electrons. The molecular weight excluding hydrogens is 311 g/mol. The second-order valence-corrected chi connectivity index (χ2v) is 5.12. The van der Waals surface area contributed by atoms with Crippen molar-refractivity contribution in [1.82, 2.24) is 4.90 Å². The molecule has 0 heterocycles. The van der Waals surface area contributed by atoms with Crippen LogP contribution < -0.4 is 0 Å². The van der Waals surface area contributed by atoms with E-state index >= 15 is 0 Å². The molecule has 0 aliphatic carbocycles. The molecule has 22 heavy (non-hydrogen) atoms. The fourth-order valence-corrected chi connectivity index (χ4v) is 2.17. The Bertz CT molecular complexity index is 736. The van der Waals surface area contributed by atoms with E-state index in [1.165, 1.54) is 36.2 Å². The van der Waals surface area contributed by atoms with Gasteiger partial charge in [0.2, 0.25) is 0 Å². The highest BCUT2D eigenvalue weighted by atomic mass is 35.5. The van der Waals surface area contributed by atoms with Gasteiger partial charge in [0, 0.05) is 25.2 Å². The molecule has 1 amide bonds. The summed E-state index contributed by atoms with van der Waals surface area (Å²) >= 11 is 5.71. The fraction of sp³-hybridized carbons (Fsp3) is 0.133. The van der Waals surface area contributed by atoms with Crippen LogP contribution in [0.15, 0.2) is 42.5 Å². The Balaban J connectivity index is 2.20. The van der Waals surface area contributed by atoms with Crippen LogP contribution in [0.5, 0.6) is 0 Å². The minimum absolute atomic E-state index is 0.0330. The van der Waals surface area contributed by atoms with E-state index < -0.39 is 10.8 Å². The van der Waals surface area contributed by atoms with Crippen molar-refractivity contribution in [3.63, 3.8) is 0 Å². The van der Waals surface area contributed by atoms with Crippen LogP contribution in [0.3, 0.4) is 0 Å². The molecule has 0 radical (unpaired) electrons. The van der Waals surface area contributed by atoms with E-state index in [1.54, 1.807) is 12.1 Å². The molecule has 0 saturated heterocycles. The molecule has 0 fully saturated rings. The molecule has 7 heteroatoms. The zero-order chi connectivity index (χ0) is 16.3. The van der Waals surface area contributed by atoms with Gasteiger partial charge in [-0.3, -0.25) is 14.9 Å². The second kappa shape index (κ2) is 6.53. The number of hydrogen-bond acceptors (Lipinski definition) is 3. The van der Waals surface area contributed by atoms with Crippen molar-refractivity contribution in [1.29, 1.82) is 0 Å². The van der Waals surface area contributed by atoms with E-state index in [4.69, 9.17) is 11.6 Å². The predicted molar refractivity (Wildman–Crippen MR) is 80.3 cm³/mol. The minimum Gasteiger partial charge on any atom is -0.337 e. The maximum Gasteiger partial charge on any atom is 0.288 e. The molecule has 0 aromatic heterocycles. The maximum absolute atomic E-state index is 13.1. The van der Waals surface area contributed by atoms with Crippen molar-refractivity contribution in [2.75, 3.05) is 7.05 Å². The number of halogens is 2. The summed E-state index contributed by atoms with van der Waals surface area (Å²) < 4.78 is 13.1. The van der Waals surface area contributed by atoms with E-state index in [9.17, 15) is 19.3 Å². The third-order valence-electron chi connectivity index (χ3n) is 3.05. The SMILES string of the molecule is CN(Cc1cccc(F)c1)C(=O)c1ccc(Cl)c([N+](=O)[O-])c1. The van der Waals surface area contributed by atoms with Gasteiger partial charge in [-0.1, -0.05) is 23.7 Å². The molecule has 2 aromatic rings. The lowest BCUT2D eigenvalue weighted by molar-refractivity contribution is -0.384. The molecular formula is C15H12ClFN2O3. The normalized spacial score (nSPS) is 10.3. The van der Waals surface area contributed by atoms with E-state index in [1.807, 2.05) is 0 Å². The lowest BCUT2D eigenvalue weighted by atomic mass is 10.1. The molecule has 0 unspecified atom stereocenters. The Kier molecular flexibility index (Phi) is 4.72. The molecule has 2 rings (SSSR count). The van der Waals surface area contributed by atoms with Gasteiger partial charge in [-0.2, -0.15) is 0 Å². The van der Waals surface area contributed by atoms with Crippen molar-refractivity contribution in [3.8, 4) is 0 Å². The Morgan fingerprint density at radius 3 is 2.68 bits per heavy atom. The van der Waals surface area contributed by atoms with Crippen LogP contribution in [0.4, 0.5) is 10.1 Å². The molecule has 0 atom stereocenters. The highest BCUT2D eigenvalue weighted by molar-refractivity contribution is 6.32. The lowest BCUT2D eigenvalue weighted by Crippen LogP contribution is -2.26. The number of nitro benzene ring substituents is 1. The van der Waals surface area contributed by atoms with Gasteiger partial charge in [0.05, 0.1) is 4.92 Å². The van der Waals surface area contributed by atoms with Crippen LogP contribution in [0, 0.1) is 15.9 Å². The number of nitrogens with zero attached hydrogens (tertiary/aromatic N) is 2. The summed E-state index contributed by atoms with van der Waals surface area (Å²) in [5.41, 5.74) is 0.445. The summed E-state index contributed by atoms with van der Waals surface area (Å²) in [5.74, 6) is -0.801. The van der Waals surface area contributed by atoms with Gasteiger partial charge in [0.25, 0.3) is 11.6 Å². The molecule has 0 bridgehead atoms. The number of amides is 1. The van der Waals surface area contributed by atoms with Gasteiger partial charge in [-0.25, -0.2) is 4.39 Å². The number of hydrogen-bond donors (Lipinski definition) is 0. The standard InChI is InChI=1S/C15H12ClFN2O3/c1-18(9-10-3-2-4-12(17)7-10)15(20)11-5-6-13(16)14(8-11)19(21)22/h2-8H,9H2,1H3. The summed E-state index contributed by atoms with van der Waals surface area (Å²) in [5, 5.41) is 10.8. The molecule has 0 N–H and O–H groups in total. The highest BCUT2D eigenvalue weighted by Crippen LogP contribution is 2.25. The molecule has 5 nitrogen and oxygen atoms in total. The van der Waals surface area contributed by atoms with Crippen molar-refractivity contribution >= 4 is 23.2 Å². The second-order valence-electron chi connectivity index (χ2n) is 4.71. The first-order chi connectivity index (χ1) is 10.4. The number of rotatable bonds is 4. The topological polar surface area (TPSA) is 63.5 Å². The summed E-state index contributed by atoms with van der Waals surface area (Å²) in [4.78, 5) is 23.8. The van der Waals surface area contributed by atoms with Gasteiger partial charge < -0.3 is 4.90 Å². The zero-order valence-electron chi connectivity index (χ0n) is 11.6. The Morgan fingerprint density at radius 1 is 1.32 bits per heavy atom. The number of carbonyl (C=O) groups is 1. The van der Waals surface area contributed by atoms with Gasteiger partial charge >= 0.3 is 0 Å². The van der Waals surface area contributed by atoms with E-state index in [2.05, 4.69) is 0 Å². The van der Waals surface area contributed by atoms with Crippen LogP contribution in [-0.2, 0) is 6.54 Å². The highest BCUT2D eigenvalue weighted by Gasteiger charge is 2.18. The van der Waals surface area contributed by atoms with Gasteiger partial charge in [0.15, 0.2) is 0 Å². The van der Waals surface area contributed by atoms with Gasteiger partial charge in [-0.05, 0) is 29.8 Å². The first-order valence-corrected chi connectivity index (χ1v) is 6.70. The van der Waals surface area contributed by atoms with Crippen LogP contribution in [0.25, 0.3) is 0 Å². The quantitative estimate of drug-likeness (QED) is 0.637. The molecule has 0 aliphatic rings.